The van der Waals surface area contributed by atoms with Gasteiger partial charge in [0.25, 0.3) is 0 Å². The first-order chi connectivity index (χ1) is 9.30. The molecular formula is C12H10ClF4NO2. The van der Waals surface area contributed by atoms with Crippen LogP contribution >= 0.6 is 11.6 Å². The largest absolute Gasteiger partial charge is 0.384 e. The van der Waals surface area contributed by atoms with E-state index in [2.05, 4.69) is 0 Å². The Kier molecular flexibility index (Phi) is 5.50. The number of nitrogens with zero attached hydrogens (tertiary/aromatic N) is 1. The minimum absolute atomic E-state index is 0.0868. The Balaban J connectivity index is 3.12. The van der Waals surface area contributed by atoms with Crippen molar-refractivity contribution in [3.05, 3.63) is 30.3 Å². The van der Waals surface area contributed by atoms with E-state index in [0.29, 0.717) is 4.90 Å². The average Bonchev–Trinajstić information content (AvgIpc) is 2.44. The molecule has 0 spiro atoms. The van der Waals surface area contributed by atoms with E-state index in [9.17, 15) is 27.2 Å². The fourth-order valence-corrected chi connectivity index (χ4v) is 1.46. The summed E-state index contributed by atoms with van der Waals surface area (Å²) in [6, 6.07) is 6.88. The molecule has 1 rings (SSSR count). The van der Waals surface area contributed by atoms with Crippen molar-refractivity contribution in [2.24, 2.45) is 0 Å². The van der Waals surface area contributed by atoms with Crippen molar-refractivity contribution in [3.63, 3.8) is 0 Å². The molecule has 0 N–H and O–H groups in total. The van der Waals surface area contributed by atoms with Crippen LogP contribution < -0.4 is 4.90 Å². The van der Waals surface area contributed by atoms with Gasteiger partial charge in [0.2, 0.25) is 0 Å². The van der Waals surface area contributed by atoms with Crippen LogP contribution in [0.25, 0.3) is 0 Å². The topological polar surface area (TPSA) is 37.4 Å². The monoisotopic (exact) mass is 311 g/mol. The quantitative estimate of drug-likeness (QED) is 0.598. The molecule has 0 unspecified atom stereocenters. The highest BCUT2D eigenvalue weighted by molar-refractivity contribution is 6.28. The van der Waals surface area contributed by atoms with Gasteiger partial charge in [0, 0.05) is 5.69 Å². The lowest BCUT2D eigenvalue weighted by Crippen LogP contribution is -2.49. The molecule has 0 aliphatic rings. The molecule has 110 valence electrons. The van der Waals surface area contributed by atoms with Gasteiger partial charge in [0.1, 0.15) is 0 Å². The van der Waals surface area contributed by atoms with E-state index in [-0.39, 0.29) is 5.69 Å². The zero-order valence-corrected chi connectivity index (χ0v) is 10.8. The molecule has 0 atom stereocenters. The number of para-hydroxylation sites is 1. The number of halogens is 5. The molecule has 0 aromatic heterocycles. The van der Waals surface area contributed by atoms with Crippen LogP contribution in [0.4, 0.5) is 23.2 Å². The predicted octanol–water partition coefficient (Wildman–Crippen LogP) is 2.73. The predicted molar refractivity (Wildman–Crippen MR) is 65.5 cm³/mol. The lowest BCUT2D eigenvalue weighted by molar-refractivity contribution is -0.166. The number of carbonyl (C=O) groups excluding carboxylic acids is 2. The maximum absolute atomic E-state index is 13.1. The maximum atomic E-state index is 13.1. The van der Waals surface area contributed by atoms with E-state index in [1.807, 2.05) is 0 Å². The highest BCUT2D eigenvalue weighted by Gasteiger charge is 2.51. The lowest BCUT2D eigenvalue weighted by Gasteiger charge is -2.26. The maximum Gasteiger partial charge on any atom is 0.384 e. The molecule has 0 bridgehead atoms. The molecule has 0 fully saturated rings. The summed E-state index contributed by atoms with van der Waals surface area (Å²) in [5.74, 6) is -8.27. The summed E-state index contributed by atoms with van der Waals surface area (Å²) >= 11 is 5.24. The first kappa shape index (κ1) is 16.4. The number of rotatable bonds is 6. The first-order valence-electron chi connectivity index (χ1n) is 5.41. The van der Waals surface area contributed by atoms with E-state index in [4.69, 9.17) is 11.6 Å². The van der Waals surface area contributed by atoms with Crippen molar-refractivity contribution in [2.75, 3.05) is 17.3 Å². The second kappa shape index (κ2) is 6.69. The third-order valence-electron chi connectivity index (χ3n) is 2.36. The molecule has 0 aliphatic heterocycles. The van der Waals surface area contributed by atoms with Crippen LogP contribution in [0.15, 0.2) is 30.3 Å². The number of Topliss-reactive ketones (excluding diaryl/α,β-unsaturated/α-hetero) is 1. The molecule has 0 heterocycles. The molecule has 8 heteroatoms. The van der Waals surface area contributed by atoms with Crippen LogP contribution in [0.1, 0.15) is 0 Å². The van der Waals surface area contributed by atoms with Gasteiger partial charge in [0.15, 0.2) is 5.78 Å². The summed E-state index contributed by atoms with van der Waals surface area (Å²) in [7, 11) is 0. The van der Waals surface area contributed by atoms with Crippen LogP contribution in [0.3, 0.4) is 0 Å². The summed E-state index contributed by atoms with van der Waals surface area (Å²) in [4.78, 5) is 23.1. The smallest absolute Gasteiger partial charge is 0.300 e. The highest BCUT2D eigenvalue weighted by Crippen LogP contribution is 2.28. The average molecular weight is 312 g/mol. The Morgan fingerprint density at radius 3 is 2.20 bits per heavy atom. The van der Waals surface area contributed by atoms with Crippen LogP contribution in [0.2, 0.25) is 0 Å². The third kappa shape index (κ3) is 3.69. The van der Waals surface area contributed by atoms with Crippen molar-refractivity contribution in [3.8, 4) is 0 Å². The van der Waals surface area contributed by atoms with Gasteiger partial charge in [-0.2, -0.15) is 8.78 Å². The van der Waals surface area contributed by atoms with E-state index in [0.717, 1.165) is 0 Å². The van der Waals surface area contributed by atoms with Crippen LogP contribution in [0.5, 0.6) is 0 Å². The Labute approximate surface area is 117 Å². The number of hydrogen-bond donors (Lipinski definition) is 0. The summed E-state index contributed by atoms with van der Waals surface area (Å²) < 4.78 is 50.8. The van der Waals surface area contributed by atoms with Gasteiger partial charge < -0.3 is 0 Å². The molecule has 0 radical (unpaired) electrons. The van der Waals surface area contributed by atoms with Gasteiger partial charge in [-0.1, -0.05) is 18.2 Å². The van der Waals surface area contributed by atoms with Crippen molar-refractivity contribution in [1.29, 1.82) is 0 Å². The number of carbonyl (C=O) groups is 2. The summed E-state index contributed by atoms with van der Waals surface area (Å²) in [6.07, 6.45) is -4.16. The Morgan fingerprint density at radius 1 is 1.20 bits per heavy atom. The fourth-order valence-electron chi connectivity index (χ4n) is 1.38. The molecule has 3 nitrogen and oxygen atoms in total. The van der Waals surface area contributed by atoms with E-state index in [1.165, 1.54) is 24.3 Å². The van der Waals surface area contributed by atoms with Crippen LogP contribution in [-0.2, 0) is 9.59 Å². The van der Waals surface area contributed by atoms with E-state index >= 15 is 0 Å². The van der Waals surface area contributed by atoms with Gasteiger partial charge in [-0.25, -0.2) is 8.78 Å². The molecule has 1 aromatic rings. The molecule has 0 aliphatic carbocycles. The van der Waals surface area contributed by atoms with Crippen molar-refractivity contribution in [1.82, 2.24) is 0 Å². The molecule has 0 saturated carbocycles. The zero-order valence-electron chi connectivity index (χ0n) is 10.0. The molecule has 1 amide bonds. The van der Waals surface area contributed by atoms with Crippen molar-refractivity contribution < 1.29 is 27.2 Å². The van der Waals surface area contributed by atoms with Gasteiger partial charge in [0.05, 0.1) is 12.4 Å². The number of alkyl halides is 5. The number of benzene rings is 1. The van der Waals surface area contributed by atoms with Crippen LogP contribution in [-0.4, -0.2) is 36.5 Å². The van der Waals surface area contributed by atoms with Gasteiger partial charge in [-0.15, -0.1) is 11.6 Å². The first-order valence-corrected chi connectivity index (χ1v) is 5.94. The van der Waals surface area contributed by atoms with Crippen molar-refractivity contribution in [2.45, 2.75) is 12.3 Å². The molecule has 20 heavy (non-hydrogen) atoms. The number of anilines is 1. The fraction of sp³-hybridized carbons (Fsp3) is 0.333. The van der Waals surface area contributed by atoms with Gasteiger partial charge in [-0.05, 0) is 12.1 Å². The second-order valence-electron chi connectivity index (χ2n) is 3.82. The number of amides is 1. The standard InChI is InChI=1S/C12H10ClF4NO2/c13-6-9(19)7-18(8-4-2-1-3-5-8)11(20)12(16,17)10(14)15/h1-5,10H,6-7H2. The zero-order chi connectivity index (χ0) is 15.3. The van der Waals surface area contributed by atoms with E-state index < -0.39 is 36.5 Å². The van der Waals surface area contributed by atoms with E-state index in [1.54, 1.807) is 6.07 Å². The summed E-state index contributed by atoms with van der Waals surface area (Å²) in [5, 5.41) is 0. The third-order valence-corrected chi connectivity index (χ3v) is 2.65. The van der Waals surface area contributed by atoms with Gasteiger partial charge >= 0.3 is 18.3 Å². The molecular weight excluding hydrogens is 302 g/mol. The normalized spacial score (nSPS) is 11.5. The lowest BCUT2D eigenvalue weighted by atomic mass is 10.2. The minimum Gasteiger partial charge on any atom is -0.300 e. The number of hydrogen-bond acceptors (Lipinski definition) is 2. The second-order valence-corrected chi connectivity index (χ2v) is 4.09. The van der Waals surface area contributed by atoms with Gasteiger partial charge in [-0.3, -0.25) is 14.5 Å². The minimum atomic E-state index is -4.87. The molecule has 0 saturated heterocycles. The number of ketones is 1. The molecule has 1 aromatic carbocycles. The van der Waals surface area contributed by atoms with Crippen LogP contribution in [0, 0.1) is 0 Å². The summed E-state index contributed by atoms with van der Waals surface area (Å²) in [6.45, 7) is -0.797. The Morgan fingerprint density at radius 2 is 1.75 bits per heavy atom. The van der Waals surface area contributed by atoms with Crippen molar-refractivity contribution >= 4 is 29.0 Å². The SMILES string of the molecule is O=C(CCl)CN(C(=O)C(F)(F)C(F)F)c1ccccc1. The Hall–Kier alpha value is -1.63. The summed E-state index contributed by atoms with van der Waals surface area (Å²) in [5.41, 5.74) is -0.0868. The Bertz CT molecular complexity index is 482. The highest BCUT2D eigenvalue weighted by atomic mass is 35.5.